The summed E-state index contributed by atoms with van der Waals surface area (Å²) in [6.45, 7) is 0.302. The first-order chi connectivity index (χ1) is 8.15. The first kappa shape index (κ1) is 11.4. The van der Waals surface area contributed by atoms with E-state index >= 15 is 0 Å². The molecule has 0 fully saturated rings. The van der Waals surface area contributed by atoms with Gasteiger partial charge in [0.2, 0.25) is 0 Å². The third kappa shape index (κ3) is 2.93. The van der Waals surface area contributed by atoms with Crippen LogP contribution in [0, 0.1) is 11.6 Å². The van der Waals surface area contributed by atoms with Crippen molar-refractivity contribution in [3.05, 3.63) is 59.7 Å². The Morgan fingerprint density at radius 2 is 1.71 bits per heavy atom. The normalized spacial score (nSPS) is 10.2. The number of hydrogen-bond donors (Lipinski definition) is 2. The second-order valence-electron chi connectivity index (χ2n) is 3.71. The maximum Gasteiger partial charge on any atom is 0.131 e. The zero-order valence-corrected chi connectivity index (χ0v) is 9.08. The van der Waals surface area contributed by atoms with Crippen LogP contribution in [0.2, 0.25) is 0 Å². The van der Waals surface area contributed by atoms with Crippen LogP contribution in [0.1, 0.15) is 5.56 Å². The molecular weight excluding hydrogens is 222 g/mol. The molecule has 0 spiro atoms. The van der Waals surface area contributed by atoms with E-state index in [0.717, 1.165) is 11.8 Å². The number of hydrogen-bond acceptors (Lipinski definition) is 2. The Morgan fingerprint density at radius 1 is 1.00 bits per heavy atom. The fourth-order valence-electron chi connectivity index (χ4n) is 1.46. The van der Waals surface area contributed by atoms with Gasteiger partial charge in [0.05, 0.1) is 0 Å². The predicted molar refractivity (Wildman–Crippen MR) is 64.5 cm³/mol. The van der Waals surface area contributed by atoms with Gasteiger partial charge < -0.3 is 11.1 Å². The molecule has 2 rings (SSSR count). The Hall–Kier alpha value is -2.10. The van der Waals surface area contributed by atoms with Crippen LogP contribution in [0.15, 0.2) is 42.5 Å². The Morgan fingerprint density at radius 3 is 2.35 bits per heavy atom. The standard InChI is InChI=1S/C13H12F2N2/c14-10-2-1-9(13(15)7-10)8-17-12-5-3-11(16)4-6-12/h1-7,17H,8,16H2. The van der Waals surface area contributed by atoms with Crippen LogP contribution >= 0.6 is 0 Å². The molecule has 0 heterocycles. The van der Waals surface area contributed by atoms with Gasteiger partial charge in [-0.05, 0) is 30.3 Å². The van der Waals surface area contributed by atoms with Gasteiger partial charge in [-0.1, -0.05) is 6.07 Å². The van der Waals surface area contributed by atoms with Gasteiger partial charge in [-0.25, -0.2) is 8.78 Å². The number of anilines is 2. The summed E-state index contributed by atoms with van der Waals surface area (Å²) in [6, 6.07) is 10.7. The molecule has 2 aromatic carbocycles. The van der Waals surface area contributed by atoms with Crippen molar-refractivity contribution in [1.82, 2.24) is 0 Å². The lowest BCUT2D eigenvalue weighted by atomic mass is 10.2. The van der Waals surface area contributed by atoms with Crippen molar-refractivity contribution in [3.63, 3.8) is 0 Å². The molecular formula is C13H12F2N2. The summed E-state index contributed by atoms with van der Waals surface area (Å²) in [7, 11) is 0. The Balaban J connectivity index is 2.04. The molecule has 0 bridgehead atoms. The minimum Gasteiger partial charge on any atom is -0.399 e. The number of benzene rings is 2. The van der Waals surface area contributed by atoms with Gasteiger partial charge in [0.1, 0.15) is 11.6 Å². The second kappa shape index (κ2) is 4.82. The molecule has 17 heavy (non-hydrogen) atoms. The lowest BCUT2D eigenvalue weighted by molar-refractivity contribution is 0.574. The van der Waals surface area contributed by atoms with Gasteiger partial charge in [-0.3, -0.25) is 0 Å². The Kier molecular flexibility index (Phi) is 3.23. The van der Waals surface area contributed by atoms with Crippen LogP contribution in [-0.4, -0.2) is 0 Å². The maximum absolute atomic E-state index is 13.3. The molecule has 0 atom stereocenters. The summed E-state index contributed by atoms with van der Waals surface area (Å²) in [5.41, 5.74) is 7.47. The topological polar surface area (TPSA) is 38.0 Å². The van der Waals surface area contributed by atoms with E-state index in [1.165, 1.54) is 12.1 Å². The summed E-state index contributed by atoms with van der Waals surface area (Å²) < 4.78 is 26.0. The van der Waals surface area contributed by atoms with Gasteiger partial charge in [0, 0.05) is 29.5 Å². The van der Waals surface area contributed by atoms with Crippen molar-refractivity contribution in [2.24, 2.45) is 0 Å². The van der Waals surface area contributed by atoms with Crippen molar-refractivity contribution in [1.29, 1.82) is 0 Å². The minimum atomic E-state index is -0.571. The highest BCUT2D eigenvalue weighted by Gasteiger charge is 2.03. The van der Waals surface area contributed by atoms with E-state index in [1.54, 1.807) is 24.3 Å². The molecule has 2 aromatic rings. The molecule has 2 nitrogen and oxygen atoms in total. The average Bonchev–Trinajstić information content (AvgIpc) is 2.30. The van der Waals surface area contributed by atoms with E-state index in [-0.39, 0.29) is 0 Å². The van der Waals surface area contributed by atoms with E-state index < -0.39 is 11.6 Å². The smallest absolute Gasteiger partial charge is 0.131 e. The van der Waals surface area contributed by atoms with Crippen LogP contribution in [0.3, 0.4) is 0 Å². The molecule has 3 N–H and O–H groups in total. The zero-order valence-electron chi connectivity index (χ0n) is 9.08. The highest BCUT2D eigenvalue weighted by molar-refractivity contribution is 5.51. The van der Waals surface area contributed by atoms with Crippen LogP contribution in [0.4, 0.5) is 20.2 Å². The molecule has 0 saturated heterocycles. The van der Waals surface area contributed by atoms with Gasteiger partial charge in [0.25, 0.3) is 0 Å². The van der Waals surface area contributed by atoms with E-state index in [2.05, 4.69) is 5.32 Å². The lowest BCUT2D eigenvalue weighted by Gasteiger charge is -2.07. The zero-order chi connectivity index (χ0) is 12.3. The second-order valence-corrected chi connectivity index (χ2v) is 3.71. The summed E-state index contributed by atoms with van der Waals surface area (Å²) >= 11 is 0. The molecule has 0 radical (unpaired) electrons. The number of nitrogens with one attached hydrogen (secondary N) is 1. The van der Waals surface area contributed by atoms with Crippen molar-refractivity contribution in [3.8, 4) is 0 Å². The molecule has 0 aromatic heterocycles. The summed E-state index contributed by atoms with van der Waals surface area (Å²) in [5, 5.41) is 3.03. The van der Waals surface area contributed by atoms with Gasteiger partial charge in [0.15, 0.2) is 0 Å². The first-order valence-corrected chi connectivity index (χ1v) is 5.18. The molecule has 0 aliphatic rings. The van der Waals surface area contributed by atoms with Crippen molar-refractivity contribution in [2.45, 2.75) is 6.54 Å². The van der Waals surface area contributed by atoms with Gasteiger partial charge >= 0.3 is 0 Å². The molecule has 4 heteroatoms. The number of nitrogens with two attached hydrogens (primary N) is 1. The van der Waals surface area contributed by atoms with Crippen molar-refractivity contribution in [2.75, 3.05) is 11.1 Å². The third-order valence-electron chi connectivity index (χ3n) is 2.41. The third-order valence-corrected chi connectivity index (χ3v) is 2.41. The average molecular weight is 234 g/mol. The fraction of sp³-hybridized carbons (Fsp3) is 0.0769. The number of halogens is 2. The van der Waals surface area contributed by atoms with E-state index in [4.69, 9.17) is 5.73 Å². The van der Waals surface area contributed by atoms with Gasteiger partial charge in [-0.15, -0.1) is 0 Å². The predicted octanol–water partition coefficient (Wildman–Crippen LogP) is 3.16. The lowest BCUT2D eigenvalue weighted by Crippen LogP contribution is -2.02. The number of nitrogen functional groups attached to an aromatic ring is 1. The molecule has 0 amide bonds. The minimum absolute atomic E-state index is 0.302. The molecule has 0 unspecified atom stereocenters. The molecule has 88 valence electrons. The maximum atomic E-state index is 13.3. The van der Waals surface area contributed by atoms with E-state index in [0.29, 0.717) is 17.8 Å². The summed E-state index contributed by atoms with van der Waals surface area (Å²) in [5.74, 6) is -1.12. The fourth-order valence-corrected chi connectivity index (χ4v) is 1.46. The van der Waals surface area contributed by atoms with Gasteiger partial charge in [-0.2, -0.15) is 0 Å². The number of rotatable bonds is 3. The molecule has 0 saturated carbocycles. The summed E-state index contributed by atoms with van der Waals surface area (Å²) in [4.78, 5) is 0. The van der Waals surface area contributed by atoms with Crippen LogP contribution in [-0.2, 0) is 6.54 Å². The highest BCUT2D eigenvalue weighted by atomic mass is 19.1. The largest absolute Gasteiger partial charge is 0.399 e. The van der Waals surface area contributed by atoms with Crippen molar-refractivity contribution < 1.29 is 8.78 Å². The Labute approximate surface area is 98.1 Å². The quantitative estimate of drug-likeness (QED) is 0.800. The molecule has 0 aliphatic carbocycles. The van der Waals surface area contributed by atoms with Crippen LogP contribution in [0.25, 0.3) is 0 Å². The van der Waals surface area contributed by atoms with Crippen LogP contribution in [0.5, 0.6) is 0 Å². The molecule has 0 aliphatic heterocycles. The van der Waals surface area contributed by atoms with E-state index in [9.17, 15) is 8.78 Å². The monoisotopic (exact) mass is 234 g/mol. The van der Waals surface area contributed by atoms with Crippen molar-refractivity contribution >= 4 is 11.4 Å². The first-order valence-electron chi connectivity index (χ1n) is 5.18. The summed E-state index contributed by atoms with van der Waals surface area (Å²) in [6.07, 6.45) is 0. The van der Waals surface area contributed by atoms with Crippen LogP contribution < -0.4 is 11.1 Å². The SMILES string of the molecule is Nc1ccc(NCc2ccc(F)cc2F)cc1. The Bertz CT molecular complexity index is 509. The highest BCUT2D eigenvalue weighted by Crippen LogP contribution is 2.14. The van der Waals surface area contributed by atoms with E-state index in [1.807, 2.05) is 0 Å².